The molecule has 0 bridgehead atoms. The van der Waals surface area contributed by atoms with Crippen LogP contribution in [0.15, 0.2) is 18.2 Å². The molecular formula is C13H18ClIN2O2. The van der Waals surface area contributed by atoms with E-state index in [2.05, 4.69) is 34.8 Å². The number of nitrogens with one attached hydrogen (secondary N) is 1. The van der Waals surface area contributed by atoms with E-state index in [-0.39, 0.29) is 18.3 Å². The average Bonchev–Trinajstić information content (AvgIpc) is 2.37. The summed E-state index contributed by atoms with van der Waals surface area (Å²) in [5.41, 5.74) is 0.731. The molecule has 1 aromatic carbocycles. The molecule has 1 saturated heterocycles. The van der Waals surface area contributed by atoms with E-state index in [0.29, 0.717) is 6.04 Å². The summed E-state index contributed by atoms with van der Waals surface area (Å²) in [6.07, 6.45) is 0. The lowest BCUT2D eigenvalue weighted by Gasteiger charge is -2.32. The number of amides is 1. The third kappa shape index (κ3) is 3.97. The molecule has 4 nitrogen and oxygen atoms in total. The van der Waals surface area contributed by atoms with Crippen LogP contribution in [0.5, 0.6) is 5.75 Å². The average molecular weight is 397 g/mol. The highest BCUT2D eigenvalue weighted by Crippen LogP contribution is 2.22. The molecule has 1 heterocycles. The maximum Gasteiger partial charge on any atom is 0.253 e. The largest absolute Gasteiger partial charge is 0.496 e. The van der Waals surface area contributed by atoms with Gasteiger partial charge < -0.3 is 15.0 Å². The van der Waals surface area contributed by atoms with Crippen molar-refractivity contribution in [2.24, 2.45) is 0 Å². The Hall–Kier alpha value is -0.530. The van der Waals surface area contributed by atoms with Crippen LogP contribution < -0.4 is 10.1 Å². The van der Waals surface area contributed by atoms with E-state index in [9.17, 15) is 4.79 Å². The van der Waals surface area contributed by atoms with Crippen molar-refractivity contribution < 1.29 is 9.53 Å². The van der Waals surface area contributed by atoms with Crippen molar-refractivity contribution in [3.63, 3.8) is 0 Å². The summed E-state index contributed by atoms with van der Waals surface area (Å²) in [4.78, 5) is 14.3. The number of nitrogens with zero attached hydrogens (tertiary/aromatic N) is 1. The first-order chi connectivity index (χ1) is 8.61. The molecule has 19 heavy (non-hydrogen) atoms. The van der Waals surface area contributed by atoms with Crippen molar-refractivity contribution in [3.05, 3.63) is 27.3 Å². The first-order valence-electron chi connectivity index (χ1n) is 5.98. The fourth-order valence-corrected chi connectivity index (χ4v) is 2.83. The first kappa shape index (κ1) is 16.5. The second-order valence-electron chi connectivity index (χ2n) is 4.46. The molecule has 0 radical (unpaired) electrons. The van der Waals surface area contributed by atoms with Crippen LogP contribution in [0.4, 0.5) is 0 Å². The molecule has 1 amide bonds. The van der Waals surface area contributed by atoms with Crippen LogP contribution in [0.2, 0.25) is 0 Å². The molecule has 1 N–H and O–H groups in total. The number of carbonyl (C=O) groups excluding carboxylic acids is 1. The molecule has 0 aliphatic carbocycles. The zero-order valence-corrected chi connectivity index (χ0v) is 14.0. The van der Waals surface area contributed by atoms with E-state index in [4.69, 9.17) is 4.74 Å². The van der Waals surface area contributed by atoms with Crippen molar-refractivity contribution in [2.75, 3.05) is 26.7 Å². The number of methoxy groups -OCH3 is 1. The number of hydrogen-bond acceptors (Lipinski definition) is 3. The van der Waals surface area contributed by atoms with Gasteiger partial charge in [-0.1, -0.05) is 0 Å². The highest BCUT2D eigenvalue weighted by Gasteiger charge is 2.22. The van der Waals surface area contributed by atoms with E-state index < -0.39 is 0 Å². The molecular weight excluding hydrogens is 379 g/mol. The van der Waals surface area contributed by atoms with Gasteiger partial charge in [-0.2, -0.15) is 0 Å². The fraction of sp³-hybridized carbons (Fsp3) is 0.462. The lowest BCUT2D eigenvalue weighted by atomic mass is 10.1. The van der Waals surface area contributed by atoms with Crippen molar-refractivity contribution in [2.45, 2.75) is 13.0 Å². The normalized spacial score (nSPS) is 18.7. The first-order valence-corrected chi connectivity index (χ1v) is 7.06. The van der Waals surface area contributed by atoms with Crippen LogP contribution in [0.25, 0.3) is 0 Å². The predicted molar refractivity (Wildman–Crippen MR) is 86.3 cm³/mol. The standard InChI is InChI=1S/C13H17IN2O2.ClH/c1-9-8-16(6-5-15-9)13(17)10-3-4-12(18-2)11(14)7-10;/h3-4,7,9,15H,5-6,8H2,1-2H3;1H/t9-;/m1./s1. The van der Waals surface area contributed by atoms with Crippen LogP contribution in [-0.2, 0) is 0 Å². The Kier molecular flexibility index (Phi) is 6.35. The van der Waals surface area contributed by atoms with E-state index in [1.165, 1.54) is 0 Å². The van der Waals surface area contributed by atoms with Gasteiger partial charge in [0.15, 0.2) is 0 Å². The van der Waals surface area contributed by atoms with Gasteiger partial charge in [-0.25, -0.2) is 0 Å². The molecule has 6 heteroatoms. The molecule has 0 spiro atoms. The lowest BCUT2D eigenvalue weighted by molar-refractivity contribution is 0.0709. The fourth-order valence-electron chi connectivity index (χ4n) is 2.10. The SMILES string of the molecule is COc1ccc(C(=O)N2CCN[C@H](C)C2)cc1I.Cl. The Morgan fingerprint density at radius 1 is 1.53 bits per heavy atom. The molecule has 0 saturated carbocycles. The minimum absolute atomic E-state index is 0. The zero-order valence-electron chi connectivity index (χ0n) is 11.0. The second kappa shape index (κ2) is 7.31. The number of halogens is 2. The Morgan fingerprint density at radius 3 is 2.84 bits per heavy atom. The summed E-state index contributed by atoms with van der Waals surface area (Å²) in [5.74, 6) is 0.907. The quantitative estimate of drug-likeness (QED) is 0.779. The molecule has 1 aromatic rings. The van der Waals surface area contributed by atoms with Gasteiger partial charge in [-0.15, -0.1) is 12.4 Å². The summed E-state index contributed by atoms with van der Waals surface area (Å²) in [6.45, 7) is 4.49. The van der Waals surface area contributed by atoms with Crippen molar-refractivity contribution in [3.8, 4) is 5.75 Å². The number of ether oxygens (including phenoxy) is 1. The van der Waals surface area contributed by atoms with Crippen LogP contribution in [-0.4, -0.2) is 43.6 Å². The molecule has 0 aromatic heterocycles. The summed E-state index contributed by atoms with van der Waals surface area (Å²) >= 11 is 2.19. The van der Waals surface area contributed by atoms with Gasteiger partial charge in [0.2, 0.25) is 0 Å². The highest BCUT2D eigenvalue weighted by atomic mass is 127. The van der Waals surface area contributed by atoms with E-state index in [1.807, 2.05) is 23.1 Å². The molecule has 1 atom stereocenters. The van der Waals surface area contributed by atoms with Crippen molar-refractivity contribution in [1.82, 2.24) is 10.2 Å². The van der Waals surface area contributed by atoms with Crippen LogP contribution in [0, 0.1) is 3.57 Å². The number of rotatable bonds is 2. The second-order valence-corrected chi connectivity index (χ2v) is 5.62. The van der Waals surface area contributed by atoms with Gasteiger partial charge in [0.1, 0.15) is 5.75 Å². The van der Waals surface area contributed by atoms with Crippen LogP contribution in [0.3, 0.4) is 0 Å². The molecule has 0 unspecified atom stereocenters. The number of carbonyl (C=O) groups is 1. The third-order valence-corrected chi connectivity index (χ3v) is 3.90. The number of benzene rings is 1. The summed E-state index contributed by atoms with van der Waals surface area (Å²) in [5, 5.41) is 3.33. The zero-order chi connectivity index (χ0) is 13.1. The Labute approximate surface area is 133 Å². The summed E-state index contributed by atoms with van der Waals surface area (Å²) < 4.78 is 6.16. The lowest BCUT2D eigenvalue weighted by Crippen LogP contribution is -2.51. The monoisotopic (exact) mass is 396 g/mol. The molecule has 2 rings (SSSR count). The topological polar surface area (TPSA) is 41.6 Å². The van der Waals surface area contributed by atoms with Gasteiger partial charge in [-0.05, 0) is 47.7 Å². The van der Waals surface area contributed by atoms with E-state index in [0.717, 1.165) is 34.5 Å². The summed E-state index contributed by atoms with van der Waals surface area (Å²) in [7, 11) is 1.64. The Morgan fingerprint density at radius 2 is 2.26 bits per heavy atom. The predicted octanol–water partition coefficient (Wildman–Crippen LogP) is 2.16. The van der Waals surface area contributed by atoms with Crippen molar-refractivity contribution in [1.29, 1.82) is 0 Å². The molecule has 1 aliphatic rings. The smallest absolute Gasteiger partial charge is 0.253 e. The number of hydrogen-bond donors (Lipinski definition) is 1. The Balaban J connectivity index is 0.00000180. The van der Waals surface area contributed by atoms with Crippen molar-refractivity contribution >= 4 is 40.9 Å². The van der Waals surface area contributed by atoms with E-state index in [1.54, 1.807) is 7.11 Å². The summed E-state index contributed by atoms with van der Waals surface area (Å²) in [6, 6.07) is 5.92. The van der Waals surface area contributed by atoms with E-state index >= 15 is 0 Å². The maximum absolute atomic E-state index is 12.4. The van der Waals surface area contributed by atoms with Crippen LogP contribution in [0.1, 0.15) is 17.3 Å². The van der Waals surface area contributed by atoms with Gasteiger partial charge in [0.25, 0.3) is 5.91 Å². The van der Waals surface area contributed by atoms with Gasteiger partial charge in [0.05, 0.1) is 10.7 Å². The number of piperazine rings is 1. The Bertz CT molecular complexity index is 456. The van der Waals surface area contributed by atoms with Crippen LogP contribution >= 0.6 is 35.0 Å². The molecule has 106 valence electrons. The van der Waals surface area contributed by atoms with Gasteiger partial charge in [-0.3, -0.25) is 4.79 Å². The molecule has 1 fully saturated rings. The minimum atomic E-state index is 0. The van der Waals surface area contributed by atoms with Gasteiger partial charge in [0, 0.05) is 31.2 Å². The minimum Gasteiger partial charge on any atom is -0.496 e. The third-order valence-electron chi connectivity index (χ3n) is 3.05. The maximum atomic E-state index is 12.4. The molecule has 1 aliphatic heterocycles. The van der Waals surface area contributed by atoms with Gasteiger partial charge >= 0.3 is 0 Å². The highest BCUT2D eigenvalue weighted by molar-refractivity contribution is 14.1.